The molecule has 0 spiro atoms. The van der Waals surface area contributed by atoms with Gasteiger partial charge < -0.3 is 0 Å². The van der Waals surface area contributed by atoms with Crippen LogP contribution < -0.4 is 0 Å². The number of hydrogen-bond acceptors (Lipinski definition) is 1. The summed E-state index contributed by atoms with van der Waals surface area (Å²) in [6, 6.07) is 6.15. The largest absolute Gasteiger partial charge is 0.417 e. The summed E-state index contributed by atoms with van der Waals surface area (Å²) in [5.74, 6) is 0.805. The minimum absolute atomic E-state index is 0.187. The topological polar surface area (TPSA) is 12.9 Å². The van der Waals surface area contributed by atoms with Gasteiger partial charge in [-0.15, -0.1) is 0 Å². The Bertz CT molecular complexity index is 618. The van der Waals surface area contributed by atoms with Crippen molar-refractivity contribution < 1.29 is 13.2 Å². The number of alkyl halides is 3. The number of halogens is 3. The van der Waals surface area contributed by atoms with E-state index >= 15 is 0 Å². The molecule has 2 atom stereocenters. The Kier molecular flexibility index (Phi) is 2.77. The number of fused-ring (bicyclic) bond motifs is 1. The quantitative estimate of drug-likeness (QED) is 0.762. The highest BCUT2D eigenvalue weighted by Gasteiger charge is 2.39. The molecule has 1 nitrogen and oxygen atoms in total. The third-order valence-corrected chi connectivity index (χ3v) is 3.92. The van der Waals surface area contributed by atoms with Crippen molar-refractivity contribution in [3.8, 4) is 0 Å². The molecule has 3 rings (SSSR count). The highest BCUT2D eigenvalue weighted by molar-refractivity contribution is 5.83. The molecule has 2 aromatic rings. The molecule has 0 amide bonds. The van der Waals surface area contributed by atoms with E-state index in [1.807, 2.05) is 6.07 Å². The van der Waals surface area contributed by atoms with Gasteiger partial charge in [0.2, 0.25) is 0 Å². The van der Waals surface area contributed by atoms with E-state index < -0.39 is 11.7 Å². The summed E-state index contributed by atoms with van der Waals surface area (Å²) in [5.41, 5.74) is 0.661. The molecule has 0 unspecified atom stereocenters. The van der Waals surface area contributed by atoms with Gasteiger partial charge in [0, 0.05) is 11.6 Å². The molecule has 19 heavy (non-hydrogen) atoms. The minimum atomic E-state index is -4.33. The maximum absolute atomic E-state index is 13.1. The molecule has 0 saturated heterocycles. The second-order valence-electron chi connectivity index (χ2n) is 5.15. The summed E-state index contributed by atoms with van der Waals surface area (Å²) in [6.45, 7) is 2.08. The van der Waals surface area contributed by atoms with Crippen LogP contribution in [0.4, 0.5) is 13.2 Å². The van der Waals surface area contributed by atoms with Crippen LogP contribution in [0.15, 0.2) is 30.5 Å². The van der Waals surface area contributed by atoms with E-state index in [9.17, 15) is 13.2 Å². The maximum atomic E-state index is 13.1. The smallest absolute Gasteiger partial charge is 0.256 e. The molecule has 1 heterocycles. The molecule has 1 saturated carbocycles. The van der Waals surface area contributed by atoms with Crippen LogP contribution >= 0.6 is 0 Å². The molecule has 0 bridgehead atoms. The van der Waals surface area contributed by atoms with E-state index in [1.54, 1.807) is 6.07 Å². The maximum Gasteiger partial charge on any atom is 0.417 e. The zero-order valence-corrected chi connectivity index (χ0v) is 10.5. The van der Waals surface area contributed by atoms with Gasteiger partial charge in [0.15, 0.2) is 0 Å². The van der Waals surface area contributed by atoms with Crippen LogP contribution in [-0.2, 0) is 6.18 Å². The Morgan fingerprint density at radius 3 is 2.74 bits per heavy atom. The van der Waals surface area contributed by atoms with Crippen molar-refractivity contribution in [2.75, 3.05) is 0 Å². The number of rotatable bonds is 2. The minimum Gasteiger partial charge on any atom is -0.256 e. The summed E-state index contributed by atoms with van der Waals surface area (Å²) < 4.78 is 39.4. The van der Waals surface area contributed by atoms with E-state index in [2.05, 4.69) is 11.9 Å². The lowest BCUT2D eigenvalue weighted by Gasteiger charge is -2.12. The van der Waals surface area contributed by atoms with Crippen molar-refractivity contribution in [3.63, 3.8) is 0 Å². The van der Waals surface area contributed by atoms with Gasteiger partial charge in [0.25, 0.3) is 0 Å². The van der Waals surface area contributed by atoms with Crippen LogP contribution in [0.2, 0.25) is 0 Å². The van der Waals surface area contributed by atoms with Crippen LogP contribution in [0.3, 0.4) is 0 Å². The summed E-state index contributed by atoms with van der Waals surface area (Å²) in [4.78, 5) is 4.08. The summed E-state index contributed by atoms with van der Waals surface area (Å²) in [5, 5.41) is 0.187. The Morgan fingerprint density at radius 2 is 2.11 bits per heavy atom. The highest BCUT2D eigenvalue weighted by atomic mass is 19.4. The molecule has 1 aliphatic rings. The predicted octanol–water partition coefficient (Wildman–Crippen LogP) is 4.77. The summed E-state index contributed by atoms with van der Waals surface area (Å²) in [6.07, 6.45) is -0.775. The first-order chi connectivity index (χ1) is 9.00. The van der Waals surface area contributed by atoms with Crippen LogP contribution in [0.5, 0.6) is 0 Å². The van der Waals surface area contributed by atoms with Crippen molar-refractivity contribution in [3.05, 3.63) is 41.6 Å². The average molecular weight is 265 g/mol. The fraction of sp³-hybridized carbons (Fsp3) is 0.400. The van der Waals surface area contributed by atoms with Crippen LogP contribution in [-0.4, -0.2) is 4.98 Å². The van der Waals surface area contributed by atoms with Crippen molar-refractivity contribution in [1.29, 1.82) is 0 Å². The van der Waals surface area contributed by atoms with E-state index in [1.165, 1.54) is 18.3 Å². The van der Waals surface area contributed by atoms with Gasteiger partial charge >= 0.3 is 6.18 Å². The number of hydrogen-bond donors (Lipinski definition) is 0. The van der Waals surface area contributed by atoms with Crippen molar-refractivity contribution in [2.24, 2.45) is 5.92 Å². The van der Waals surface area contributed by atoms with Crippen molar-refractivity contribution >= 4 is 10.9 Å². The lowest BCUT2D eigenvalue weighted by molar-refractivity contribution is -0.136. The van der Waals surface area contributed by atoms with E-state index in [4.69, 9.17) is 0 Å². The third kappa shape index (κ3) is 2.20. The van der Waals surface area contributed by atoms with Crippen molar-refractivity contribution in [1.82, 2.24) is 4.98 Å². The van der Waals surface area contributed by atoms with Crippen LogP contribution in [0.1, 0.15) is 36.8 Å². The van der Waals surface area contributed by atoms with Gasteiger partial charge in [-0.05, 0) is 42.0 Å². The first-order valence-corrected chi connectivity index (χ1v) is 6.46. The first-order valence-electron chi connectivity index (χ1n) is 6.46. The lowest BCUT2D eigenvalue weighted by Crippen LogP contribution is -2.07. The van der Waals surface area contributed by atoms with E-state index in [0.717, 1.165) is 18.4 Å². The number of pyridine rings is 1. The van der Waals surface area contributed by atoms with Gasteiger partial charge in [-0.2, -0.15) is 13.2 Å². The molecule has 0 radical (unpaired) electrons. The van der Waals surface area contributed by atoms with Gasteiger partial charge in [0.05, 0.1) is 11.1 Å². The Labute approximate surface area is 109 Å². The molecule has 1 aromatic heterocycles. The van der Waals surface area contributed by atoms with Gasteiger partial charge in [0.1, 0.15) is 0 Å². The number of aromatic nitrogens is 1. The van der Waals surface area contributed by atoms with Crippen LogP contribution in [0.25, 0.3) is 10.9 Å². The summed E-state index contributed by atoms with van der Waals surface area (Å²) >= 11 is 0. The standard InChI is InChI=1S/C15H14F3N/c1-2-9-6-12(9)10-7-13(15(16,17)18)11-4-3-5-19-14(11)8-10/h3-5,7-9,12H,2,6H2,1H3/t9-,12-/m0/s1. The predicted molar refractivity (Wildman–Crippen MR) is 67.9 cm³/mol. The normalized spacial score (nSPS) is 22.7. The molecule has 1 fully saturated rings. The average Bonchev–Trinajstić information content (AvgIpc) is 3.15. The van der Waals surface area contributed by atoms with E-state index in [-0.39, 0.29) is 11.3 Å². The van der Waals surface area contributed by atoms with Crippen molar-refractivity contribution in [2.45, 2.75) is 31.9 Å². The lowest BCUT2D eigenvalue weighted by atomic mass is 10.00. The Balaban J connectivity index is 2.16. The molecule has 0 N–H and O–H groups in total. The third-order valence-electron chi connectivity index (χ3n) is 3.92. The molecular weight excluding hydrogens is 251 g/mol. The zero-order chi connectivity index (χ0) is 13.6. The summed E-state index contributed by atoms with van der Waals surface area (Å²) in [7, 11) is 0. The fourth-order valence-electron chi connectivity index (χ4n) is 2.76. The van der Waals surface area contributed by atoms with E-state index in [0.29, 0.717) is 11.4 Å². The number of benzene rings is 1. The molecule has 1 aliphatic carbocycles. The monoisotopic (exact) mass is 265 g/mol. The SMILES string of the molecule is CC[C@H]1C[C@@H]1c1cc(C(F)(F)F)c2cccnc2c1. The second kappa shape index (κ2) is 4.22. The Morgan fingerprint density at radius 1 is 1.32 bits per heavy atom. The molecule has 100 valence electrons. The number of nitrogens with zero attached hydrogens (tertiary/aromatic N) is 1. The van der Waals surface area contributed by atoms with Crippen LogP contribution in [0, 0.1) is 5.92 Å². The van der Waals surface area contributed by atoms with Gasteiger partial charge in [-0.25, -0.2) is 0 Å². The fourth-order valence-corrected chi connectivity index (χ4v) is 2.76. The molecular formula is C15H14F3N. The van der Waals surface area contributed by atoms with Gasteiger partial charge in [-0.3, -0.25) is 4.98 Å². The Hall–Kier alpha value is -1.58. The highest BCUT2D eigenvalue weighted by Crippen LogP contribution is 2.51. The molecule has 1 aromatic carbocycles. The molecule has 4 heteroatoms. The van der Waals surface area contributed by atoms with Gasteiger partial charge in [-0.1, -0.05) is 19.4 Å². The molecule has 0 aliphatic heterocycles. The zero-order valence-electron chi connectivity index (χ0n) is 10.5. The second-order valence-corrected chi connectivity index (χ2v) is 5.15. The first kappa shape index (κ1) is 12.5.